The second kappa shape index (κ2) is 4.96. The zero-order valence-corrected chi connectivity index (χ0v) is 7.23. The highest BCUT2D eigenvalue weighted by molar-refractivity contribution is 5.76. The van der Waals surface area contributed by atoms with Crippen LogP contribution in [0.25, 0.3) is 0 Å². The van der Waals surface area contributed by atoms with Crippen molar-refractivity contribution in [1.29, 1.82) is 0 Å². The molecule has 0 saturated carbocycles. The van der Waals surface area contributed by atoms with Gasteiger partial charge in [0.2, 0.25) is 0 Å². The van der Waals surface area contributed by atoms with E-state index in [1.165, 1.54) is 6.08 Å². The Labute approximate surface area is 76.3 Å². The van der Waals surface area contributed by atoms with E-state index in [-0.39, 0.29) is 25.7 Å². The Bertz CT molecular complexity index is 187. The van der Waals surface area contributed by atoms with Gasteiger partial charge in [-0.15, -0.1) is 0 Å². The molecule has 2 atom stereocenters. The van der Waals surface area contributed by atoms with E-state index < -0.39 is 12.3 Å². The number of ether oxygens (including phenoxy) is 2. The van der Waals surface area contributed by atoms with Crippen LogP contribution in [0.5, 0.6) is 0 Å². The van der Waals surface area contributed by atoms with Crippen molar-refractivity contribution < 1.29 is 19.4 Å². The van der Waals surface area contributed by atoms with Crippen LogP contribution in [0.15, 0.2) is 12.7 Å². The number of carbonyl (C=O) groups is 1. The summed E-state index contributed by atoms with van der Waals surface area (Å²) in [6.45, 7) is 3.99. The van der Waals surface area contributed by atoms with Gasteiger partial charge in [-0.1, -0.05) is 12.7 Å². The maximum absolute atomic E-state index is 11.2. The minimum atomic E-state index is -0.830. The number of carbonyl (C=O) groups excluding carboxylic acids is 1. The first-order valence-electron chi connectivity index (χ1n) is 4.04. The van der Waals surface area contributed by atoms with Gasteiger partial charge >= 0.3 is 5.97 Å². The van der Waals surface area contributed by atoms with E-state index in [4.69, 9.17) is 14.6 Å². The summed E-state index contributed by atoms with van der Waals surface area (Å²) in [7, 11) is 0. The summed E-state index contributed by atoms with van der Waals surface area (Å²) in [5, 5.41) is 11.7. The lowest BCUT2D eigenvalue weighted by molar-refractivity contribution is -0.160. The fraction of sp³-hybridized carbons (Fsp3) is 0.625. The molecule has 0 radical (unpaired) electrons. The van der Waals surface area contributed by atoms with Crippen LogP contribution in [-0.2, 0) is 14.3 Å². The molecule has 1 fully saturated rings. The molecule has 2 unspecified atom stereocenters. The van der Waals surface area contributed by atoms with Crippen LogP contribution in [0.4, 0.5) is 0 Å². The molecule has 1 aliphatic rings. The smallest absolute Gasteiger partial charge is 0.325 e. The fourth-order valence-electron chi connectivity index (χ4n) is 0.961. The SMILES string of the molecule is C=CCOC(=O)C1COC(O)CN1. The molecule has 5 nitrogen and oxygen atoms in total. The first kappa shape index (κ1) is 10.2. The number of hydrogen-bond donors (Lipinski definition) is 2. The molecule has 1 saturated heterocycles. The first-order valence-corrected chi connectivity index (χ1v) is 4.04. The van der Waals surface area contributed by atoms with E-state index in [0.717, 1.165) is 0 Å². The third kappa shape index (κ3) is 3.14. The minimum absolute atomic E-state index is 0.136. The molecule has 0 spiro atoms. The monoisotopic (exact) mass is 187 g/mol. The van der Waals surface area contributed by atoms with Crippen molar-refractivity contribution in [2.24, 2.45) is 0 Å². The lowest BCUT2D eigenvalue weighted by Gasteiger charge is -2.25. The lowest BCUT2D eigenvalue weighted by Crippen LogP contribution is -2.50. The van der Waals surface area contributed by atoms with E-state index in [9.17, 15) is 4.79 Å². The average molecular weight is 187 g/mol. The van der Waals surface area contributed by atoms with Gasteiger partial charge in [-0.25, -0.2) is 0 Å². The number of morpholine rings is 1. The highest BCUT2D eigenvalue weighted by Gasteiger charge is 2.25. The quantitative estimate of drug-likeness (QED) is 0.439. The van der Waals surface area contributed by atoms with Gasteiger partial charge in [0.15, 0.2) is 6.29 Å². The molecular weight excluding hydrogens is 174 g/mol. The Balaban J connectivity index is 2.27. The van der Waals surface area contributed by atoms with Crippen LogP contribution >= 0.6 is 0 Å². The zero-order valence-electron chi connectivity index (χ0n) is 7.23. The van der Waals surface area contributed by atoms with Gasteiger partial charge in [-0.05, 0) is 0 Å². The largest absolute Gasteiger partial charge is 0.460 e. The number of aliphatic hydroxyl groups excluding tert-OH is 1. The molecule has 1 heterocycles. The van der Waals surface area contributed by atoms with E-state index in [2.05, 4.69) is 11.9 Å². The molecule has 0 aliphatic carbocycles. The first-order chi connectivity index (χ1) is 6.24. The van der Waals surface area contributed by atoms with Crippen molar-refractivity contribution in [2.75, 3.05) is 19.8 Å². The number of hydrogen-bond acceptors (Lipinski definition) is 5. The van der Waals surface area contributed by atoms with Crippen molar-refractivity contribution in [3.05, 3.63) is 12.7 Å². The lowest BCUT2D eigenvalue weighted by atomic mass is 10.3. The molecule has 2 N–H and O–H groups in total. The Morgan fingerprint density at radius 3 is 3.15 bits per heavy atom. The van der Waals surface area contributed by atoms with E-state index in [1.807, 2.05) is 0 Å². The van der Waals surface area contributed by atoms with E-state index in [0.29, 0.717) is 0 Å². The molecule has 13 heavy (non-hydrogen) atoms. The standard InChI is InChI=1S/C8H13NO4/c1-2-3-12-8(11)6-5-13-7(10)4-9-6/h2,6-7,9-10H,1,3-5H2. The predicted molar refractivity (Wildman–Crippen MR) is 44.9 cm³/mol. The third-order valence-corrected chi connectivity index (χ3v) is 1.62. The summed E-state index contributed by atoms with van der Waals surface area (Å²) in [5.74, 6) is -0.383. The number of aliphatic hydroxyl groups is 1. The minimum Gasteiger partial charge on any atom is -0.460 e. The molecule has 0 aromatic rings. The normalized spacial score (nSPS) is 28.1. The van der Waals surface area contributed by atoms with Gasteiger partial charge in [-0.2, -0.15) is 0 Å². The number of esters is 1. The van der Waals surface area contributed by atoms with Crippen molar-refractivity contribution in [1.82, 2.24) is 5.32 Å². The molecular formula is C8H13NO4. The van der Waals surface area contributed by atoms with Gasteiger partial charge in [-0.3, -0.25) is 10.1 Å². The second-order valence-electron chi connectivity index (χ2n) is 2.67. The van der Waals surface area contributed by atoms with Gasteiger partial charge in [0, 0.05) is 6.54 Å². The molecule has 0 bridgehead atoms. The van der Waals surface area contributed by atoms with Crippen LogP contribution in [0.3, 0.4) is 0 Å². The topological polar surface area (TPSA) is 67.8 Å². The van der Waals surface area contributed by atoms with E-state index >= 15 is 0 Å². The Hall–Kier alpha value is -0.910. The third-order valence-electron chi connectivity index (χ3n) is 1.62. The molecule has 74 valence electrons. The molecule has 0 amide bonds. The number of rotatable bonds is 3. The summed E-state index contributed by atoms with van der Waals surface area (Å²) in [6, 6.07) is -0.483. The highest BCUT2D eigenvalue weighted by Crippen LogP contribution is 2.00. The van der Waals surface area contributed by atoms with E-state index in [1.54, 1.807) is 0 Å². The van der Waals surface area contributed by atoms with Crippen LogP contribution in [0.2, 0.25) is 0 Å². The van der Waals surface area contributed by atoms with Gasteiger partial charge in [0.1, 0.15) is 12.6 Å². The van der Waals surface area contributed by atoms with Crippen LogP contribution in [0.1, 0.15) is 0 Å². The predicted octanol–water partition coefficient (Wildman–Crippen LogP) is -0.978. The molecule has 1 rings (SSSR count). The molecule has 0 aromatic heterocycles. The van der Waals surface area contributed by atoms with Crippen molar-refractivity contribution in [3.8, 4) is 0 Å². The zero-order chi connectivity index (χ0) is 9.68. The summed E-state index contributed by atoms with van der Waals surface area (Å²) in [5.41, 5.74) is 0. The maximum atomic E-state index is 11.2. The number of nitrogens with one attached hydrogen (secondary N) is 1. The van der Waals surface area contributed by atoms with Gasteiger partial charge < -0.3 is 14.6 Å². The van der Waals surface area contributed by atoms with Crippen molar-refractivity contribution in [3.63, 3.8) is 0 Å². The summed E-state index contributed by atoms with van der Waals surface area (Å²) in [4.78, 5) is 11.2. The highest BCUT2D eigenvalue weighted by atomic mass is 16.6. The second-order valence-corrected chi connectivity index (χ2v) is 2.67. The Morgan fingerprint density at radius 2 is 2.62 bits per heavy atom. The number of β-amino-alcohol motifs (C(OH)–C–C–N with tert-alkyl or cyclic N) is 1. The summed E-state index contributed by atoms with van der Waals surface area (Å²) < 4.78 is 9.64. The fourth-order valence-corrected chi connectivity index (χ4v) is 0.961. The maximum Gasteiger partial charge on any atom is 0.325 e. The molecule has 5 heteroatoms. The summed E-state index contributed by atoms with van der Waals surface area (Å²) in [6.07, 6.45) is 0.666. The average Bonchev–Trinajstić information content (AvgIpc) is 2.15. The molecule has 1 aliphatic heterocycles. The van der Waals surface area contributed by atoms with Gasteiger partial charge in [0.25, 0.3) is 0 Å². The van der Waals surface area contributed by atoms with Crippen LogP contribution in [-0.4, -0.2) is 43.2 Å². The van der Waals surface area contributed by atoms with Gasteiger partial charge in [0.05, 0.1) is 6.61 Å². The van der Waals surface area contributed by atoms with Crippen LogP contribution in [0, 0.1) is 0 Å². The summed E-state index contributed by atoms with van der Waals surface area (Å²) >= 11 is 0. The Morgan fingerprint density at radius 1 is 1.85 bits per heavy atom. The van der Waals surface area contributed by atoms with Crippen molar-refractivity contribution >= 4 is 5.97 Å². The van der Waals surface area contributed by atoms with Crippen LogP contribution < -0.4 is 5.32 Å². The van der Waals surface area contributed by atoms with Crippen molar-refractivity contribution in [2.45, 2.75) is 12.3 Å². The Kier molecular flexibility index (Phi) is 3.88. The molecule has 0 aromatic carbocycles.